The van der Waals surface area contributed by atoms with E-state index in [1.54, 1.807) is 0 Å². The number of Topliss-reactive ketones (excluding diaryl/α,β-unsaturated/α-hetero) is 1. The summed E-state index contributed by atoms with van der Waals surface area (Å²) in [6.07, 6.45) is 0. The molecule has 0 saturated carbocycles. The second kappa shape index (κ2) is 10.6. The molecule has 0 radical (unpaired) electrons. The van der Waals surface area contributed by atoms with Gasteiger partial charge >= 0.3 is 0 Å². The van der Waals surface area contributed by atoms with Gasteiger partial charge in [-0.25, -0.2) is 4.98 Å². The van der Waals surface area contributed by atoms with E-state index in [2.05, 4.69) is 34.6 Å². The molecule has 0 unspecified atom stereocenters. The van der Waals surface area contributed by atoms with Gasteiger partial charge in [0.25, 0.3) is 0 Å². The van der Waals surface area contributed by atoms with Crippen LogP contribution in [0.4, 0.5) is 0 Å². The fraction of sp³-hybridized carbons (Fsp3) is 0.351. The molecule has 5 nitrogen and oxygen atoms in total. The van der Waals surface area contributed by atoms with Gasteiger partial charge in [-0.15, -0.1) is 0 Å². The number of pyridine rings is 1. The molecule has 0 saturated heterocycles. The minimum atomic E-state index is -0.338. The first kappa shape index (κ1) is 29.4. The van der Waals surface area contributed by atoms with Gasteiger partial charge < -0.3 is 14.9 Å². The molecule has 0 atom stereocenters. The molecule has 0 amide bonds. The highest BCUT2D eigenvalue weighted by molar-refractivity contribution is 6.40. The number of ketones is 1. The summed E-state index contributed by atoms with van der Waals surface area (Å²) < 4.78 is 6.35. The van der Waals surface area contributed by atoms with Crippen molar-refractivity contribution in [2.45, 2.75) is 85.5 Å². The van der Waals surface area contributed by atoms with Crippen molar-refractivity contribution in [3.8, 4) is 17.2 Å². The van der Waals surface area contributed by atoms with Gasteiger partial charge in [-0.2, -0.15) is 0 Å². The van der Waals surface area contributed by atoms with Crippen molar-refractivity contribution in [3.63, 3.8) is 0 Å². The number of fused-ring (bicyclic) bond motifs is 2. The van der Waals surface area contributed by atoms with Crippen LogP contribution in [0.3, 0.4) is 0 Å². The highest BCUT2D eigenvalue weighted by atomic mass is 16.5. The molecule has 0 spiro atoms. The first-order chi connectivity index (χ1) is 19.7. The number of allylic oxidation sites excluding steroid dienone is 1. The molecule has 2 N–H and O–H groups in total. The van der Waals surface area contributed by atoms with Crippen molar-refractivity contribution >= 4 is 28.0 Å². The summed E-state index contributed by atoms with van der Waals surface area (Å²) in [6, 6.07) is 17.6. The zero-order valence-electron chi connectivity index (χ0n) is 26.1. The van der Waals surface area contributed by atoms with Gasteiger partial charge in [0.05, 0.1) is 11.1 Å². The molecule has 0 bridgehead atoms. The normalized spacial score (nSPS) is 13.7. The van der Waals surface area contributed by atoms with E-state index < -0.39 is 0 Å². The van der Waals surface area contributed by atoms with Crippen LogP contribution in [0.1, 0.15) is 124 Å². The van der Waals surface area contributed by atoms with Gasteiger partial charge in [-0.3, -0.25) is 4.79 Å². The summed E-state index contributed by atoms with van der Waals surface area (Å²) in [7, 11) is 0. The van der Waals surface area contributed by atoms with E-state index in [1.807, 2.05) is 82.3 Å². The van der Waals surface area contributed by atoms with Crippen molar-refractivity contribution in [2.24, 2.45) is 0 Å². The van der Waals surface area contributed by atoms with E-state index in [9.17, 15) is 15.0 Å². The topological polar surface area (TPSA) is 79.6 Å². The first-order valence-corrected chi connectivity index (χ1v) is 14.8. The number of ether oxygens (including phenoxy) is 1. The Morgan fingerprint density at radius 2 is 1.36 bits per heavy atom. The predicted molar refractivity (Wildman–Crippen MR) is 171 cm³/mol. The number of hydrogen-bond acceptors (Lipinski definition) is 5. The van der Waals surface area contributed by atoms with Gasteiger partial charge in [0.1, 0.15) is 17.2 Å². The zero-order chi connectivity index (χ0) is 30.7. The lowest BCUT2D eigenvalue weighted by Gasteiger charge is -2.21. The van der Waals surface area contributed by atoms with Crippen molar-refractivity contribution in [2.75, 3.05) is 0 Å². The minimum Gasteiger partial charge on any atom is -0.506 e. The fourth-order valence-electron chi connectivity index (χ4n) is 5.68. The van der Waals surface area contributed by atoms with Crippen molar-refractivity contribution in [1.29, 1.82) is 0 Å². The van der Waals surface area contributed by atoms with Crippen molar-refractivity contribution in [1.82, 2.24) is 4.98 Å². The largest absolute Gasteiger partial charge is 0.506 e. The Hall–Kier alpha value is -4.12. The molecule has 0 aliphatic heterocycles. The molecule has 4 aromatic rings. The lowest BCUT2D eigenvalue weighted by molar-refractivity contribution is 0.105. The third-order valence-corrected chi connectivity index (χ3v) is 8.23. The maximum atomic E-state index is 14.2. The van der Waals surface area contributed by atoms with Crippen LogP contribution in [0.15, 0.2) is 54.6 Å². The van der Waals surface area contributed by atoms with Gasteiger partial charge in [0.15, 0.2) is 17.3 Å². The van der Waals surface area contributed by atoms with Crippen LogP contribution in [-0.4, -0.2) is 21.0 Å². The Balaban J connectivity index is 1.78. The van der Waals surface area contributed by atoms with Crippen molar-refractivity contribution < 1.29 is 19.7 Å². The fourth-order valence-corrected chi connectivity index (χ4v) is 5.68. The lowest BCUT2D eigenvalue weighted by Crippen LogP contribution is -2.11. The number of hydrogen-bond donors (Lipinski definition) is 2. The van der Waals surface area contributed by atoms with Gasteiger partial charge in [-0.05, 0) is 69.7 Å². The van der Waals surface area contributed by atoms with Gasteiger partial charge in [0, 0.05) is 16.5 Å². The van der Waals surface area contributed by atoms with Crippen LogP contribution in [0, 0.1) is 0 Å². The number of carbonyl (C=O) groups excluding carboxylic acids is 1. The Morgan fingerprint density at radius 3 is 1.90 bits per heavy atom. The summed E-state index contributed by atoms with van der Waals surface area (Å²) >= 11 is 0. The maximum Gasteiger partial charge on any atom is 0.200 e. The van der Waals surface area contributed by atoms with Crippen LogP contribution in [0.25, 0.3) is 22.2 Å². The van der Waals surface area contributed by atoms with Gasteiger partial charge in [0.2, 0.25) is 0 Å². The standard InChI is InChI=1S/C37H41NO4/c1-19(2)22-10-13-24(14-11-22)42-36-27-15-12-23(37(7,8)9)18-28(27)38-32(35(36)41)31-33(39)29-25(20(3)4)16-17-26(21(5)6)30(29)34(31)40/h10-21,39,41H,1-9H3. The molecule has 218 valence electrons. The predicted octanol–water partition coefficient (Wildman–Crippen LogP) is 10.0. The Kier molecular flexibility index (Phi) is 7.42. The van der Waals surface area contributed by atoms with Crippen LogP contribution < -0.4 is 4.74 Å². The van der Waals surface area contributed by atoms with Crippen molar-refractivity contribution in [3.05, 3.63) is 93.7 Å². The number of rotatable bonds is 6. The third-order valence-electron chi connectivity index (χ3n) is 8.23. The first-order valence-electron chi connectivity index (χ1n) is 14.8. The number of aromatic hydroxyl groups is 1. The Labute approximate surface area is 248 Å². The summed E-state index contributed by atoms with van der Waals surface area (Å²) in [5.41, 5.74) is 5.42. The van der Waals surface area contributed by atoms with E-state index in [1.165, 1.54) is 5.56 Å². The molecule has 1 aliphatic carbocycles. The summed E-state index contributed by atoms with van der Waals surface area (Å²) in [6.45, 7) is 18.8. The number of aliphatic hydroxyl groups is 1. The molecule has 5 rings (SSSR count). The second-order valence-corrected chi connectivity index (χ2v) is 13.3. The molecule has 1 heterocycles. The van der Waals surface area contributed by atoms with E-state index in [0.29, 0.717) is 33.7 Å². The number of nitrogens with zero attached hydrogens (tertiary/aromatic N) is 1. The molecule has 0 fully saturated rings. The summed E-state index contributed by atoms with van der Waals surface area (Å²) in [4.78, 5) is 19.0. The van der Waals surface area contributed by atoms with Crippen LogP contribution in [0.5, 0.6) is 17.2 Å². The molecule has 3 aromatic carbocycles. The Bertz CT molecular complexity index is 1740. The monoisotopic (exact) mass is 563 g/mol. The average Bonchev–Trinajstić information content (AvgIpc) is 3.18. The Morgan fingerprint density at radius 1 is 0.762 bits per heavy atom. The molecule has 42 heavy (non-hydrogen) atoms. The lowest BCUT2D eigenvalue weighted by atomic mass is 9.86. The van der Waals surface area contributed by atoms with Crippen LogP contribution in [0.2, 0.25) is 0 Å². The zero-order valence-corrected chi connectivity index (χ0v) is 26.1. The molecular formula is C37H41NO4. The smallest absolute Gasteiger partial charge is 0.200 e. The van der Waals surface area contributed by atoms with Crippen LogP contribution >= 0.6 is 0 Å². The molecular weight excluding hydrogens is 522 g/mol. The quantitative estimate of drug-likeness (QED) is 0.244. The number of carbonyl (C=O) groups is 1. The molecule has 1 aliphatic rings. The second-order valence-electron chi connectivity index (χ2n) is 13.3. The van der Waals surface area contributed by atoms with E-state index in [-0.39, 0.29) is 51.6 Å². The van der Waals surface area contributed by atoms with Crippen LogP contribution in [-0.2, 0) is 5.41 Å². The average molecular weight is 564 g/mol. The van der Waals surface area contributed by atoms with E-state index in [4.69, 9.17) is 9.72 Å². The number of benzene rings is 3. The number of aliphatic hydroxyl groups excluding tert-OH is 1. The highest BCUT2D eigenvalue weighted by Gasteiger charge is 2.38. The number of aromatic nitrogens is 1. The summed E-state index contributed by atoms with van der Waals surface area (Å²) in [5.74, 6) is 0.497. The van der Waals surface area contributed by atoms with E-state index >= 15 is 0 Å². The maximum absolute atomic E-state index is 14.2. The van der Waals surface area contributed by atoms with Gasteiger partial charge in [-0.1, -0.05) is 92.6 Å². The molecule has 5 heteroatoms. The third kappa shape index (κ3) is 4.95. The van der Waals surface area contributed by atoms with E-state index in [0.717, 1.165) is 16.7 Å². The SMILES string of the molecule is CC(C)c1ccc(Oc2c(O)c(C3=C(O)c4c(C(C)C)ccc(C(C)C)c4C3=O)nc3cc(C(C)(C)C)ccc23)cc1. The highest BCUT2D eigenvalue weighted by Crippen LogP contribution is 2.49. The minimum absolute atomic E-state index is 0.000525. The summed E-state index contributed by atoms with van der Waals surface area (Å²) in [5, 5.41) is 24.1. The molecule has 1 aromatic heterocycles.